The molecule has 4 heterocycles. The number of benzene rings is 1. The quantitative estimate of drug-likeness (QED) is 0.364. The van der Waals surface area contributed by atoms with E-state index in [4.69, 9.17) is 23.6 Å². The lowest BCUT2D eigenvalue weighted by atomic mass is 10.1. The highest BCUT2D eigenvalue weighted by atomic mass is 32.1. The predicted molar refractivity (Wildman–Crippen MR) is 130 cm³/mol. The fourth-order valence-electron chi connectivity index (χ4n) is 4.17. The average molecular weight is 496 g/mol. The minimum Gasteiger partial charge on any atom is -0.496 e. The number of morpholine rings is 1. The molecule has 35 heavy (non-hydrogen) atoms. The van der Waals surface area contributed by atoms with E-state index in [1.54, 1.807) is 31.4 Å². The molecule has 1 amide bonds. The maximum absolute atomic E-state index is 13.4. The summed E-state index contributed by atoms with van der Waals surface area (Å²) in [7, 11) is 3.25. The summed E-state index contributed by atoms with van der Waals surface area (Å²) in [6.45, 7) is 3.16. The Bertz CT molecular complexity index is 1290. The molecule has 3 aromatic heterocycles. The number of pyridine rings is 1. The number of ether oxygens (including phenoxy) is 3. The third-order valence-corrected chi connectivity index (χ3v) is 6.35. The summed E-state index contributed by atoms with van der Waals surface area (Å²) in [6.07, 6.45) is 3.08. The van der Waals surface area contributed by atoms with Crippen LogP contribution < -0.4 is 14.4 Å². The number of carbonyl (C=O) groups excluding carboxylic acids is 1. The molecule has 0 bridgehead atoms. The molecule has 4 aromatic rings. The fraction of sp³-hybridized carbons (Fsp3) is 0.333. The van der Waals surface area contributed by atoms with Gasteiger partial charge >= 0.3 is 0 Å². The number of anilines is 1. The molecule has 5 rings (SSSR count). The molecule has 1 saturated heterocycles. The van der Waals surface area contributed by atoms with E-state index in [0.29, 0.717) is 54.8 Å². The van der Waals surface area contributed by atoms with Crippen LogP contribution in [0.1, 0.15) is 21.8 Å². The van der Waals surface area contributed by atoms with Crippen LogP contribution in [-0.4, -0.2) is 65.1 Å². The zero-order valence-corrected chi connectivity index (χ0v) is 20.3. The van der Waals surface area contributed by atoms with Crippen LogP contribution in [0.15, 0.2) is 47.2 Å². The first-order valence-corrected chi connectivity index (χ1v) is 11.9. The van der Waals surface area contributed by atoms with Gasteiger partial charge in [-0.1, -0.05) is 0 Å². The third-order valence-electron chi connectivity index (χ3n) is 5.87. The largest absolute Gasteiger partial charge is 0.496 e. The highest BCUT2D eigenvalue weighted by Crippen LogP contribution is 2.36. The Hall–Kier alpha value is -3.70. The predicted octanol–water partition coefficient (Wildman–Crippen LogP) is 3.38. The van der Waals surface area contributed by atoms with Gasteiger partial charge in [-0.15, -0.1) is 0 Å². The van der Waals surface area contributed by atoms with Gasteiger partial charge in [0.2, 0.25) is 0 Å². The normalized spacial score (nSPS) is 13.7. The van der Waals surface area contributed by atoms with Crippen molar-refractivity contribution in [3.63, 3.8) is 0 Å². The van der Waals surface area contributed by atoms with Crippen molar-refractivity contribution >= 4 is 34.4 Å². The highest BCUT2D eigenvalue weighted by molar-refractivity contribution is 6.99. The lowest BCUT2D eigenvalue weighted by molar-refractivity contribution is 0.0712. The van der Waals surface area contributed by atoms with Gasteiger partial charge in [-0.05, 0) is 30.3 Å². The minimum atomic E-state index is -0.235. The van der Waals surface area contributed by atoms with E-state index < -0.39 is 0 Å². The van der Waals surface area contributed by atoms with E-state index >= 15 is 0 Å². The molecular formula is C24H25N5O5S. The molecule has 0 aliphatic carbocycles. The van der Waals surface area contributed by atoms with Gasteiger partial charge in [0.05, 0.1) is 64.7 Å². The molecule has 1 aromatic carbocycles. The number of methoxy groups -OCH3 is 2. The Balaban J connectivity index is 1.62. The van der Waals surface area contributed by atoms with Crippen LogP contribution in [-0.2, 0) is 17.8 Å². The van der Waals surface area contributed by atoms with Gasteiger partial charge < -0.3 is 28.4 Å². The van der Waals surface area contributed by atoms with E-state index in [-0.39, 0.29) is 19.0 Å². The average Bonchev–Trinajstić information content (AvgIpc) is 3.62. The molecule has 11 heteroatoms. The van der Waals surface area contributed by atoms with E-state index in [1.807, 2.05) is 24.3 Å². The van der Waals surface area contributed by atoms with Crippen LogP contribution in [0, 0.1) is 0 Å². The minimum absolute atomic E-state index is 0.235. The summed E-state index contributed by atoms with van der Waals surface area (Å²) in [6, 6.07) is 9.37. The highest BCUT2D eigenvalue weighted by Gasteiger charge is 2.25. The first-order chi connectivity index (χ1) is 17.2. The SMILES string of the molecule is COc1ccc(OC)c2nc(N3CCOCC3)c(CN(Cc3ccco3)C(=O)c3cnsn3)cc12. The number of furan rings is 1. The Morgan fingerprint density at radius 1 is 1.14 bits per heavy atom. The Morgan fingerprint density at radius 2 is 1.94 bits per heavy atom. The summed E-state index contributed by atoms with van der Waals surface area (Å²) in [4.78, 5) is 22.3. The van der Waals surface area contributed by atoms with Crippen molar-refractivity contribution in [3.8, 4) is 11.5 Å². The summed E-state index contributed by atoms with van der Waals surface area (Å²) in [5, 5.41) is 0.805. The van der Waals surface area contributed by atoms with Crippen molar-refractivity contribution in [1.29, 1.82) is 0 Å². The number of rotatable bonds is 8. The molecule has 1 aliphatic heterocycles. The van der Waals surface area contributed by atoms with Crippen LogP contribution in [0.5, 0.6) is 11.5 Å². The molecule has 0 spiro atoms. The Labute approximate surface area is 206 Å². The first kappa shape index (κ1) is 23.1. The summed E-state index contributed by atoms with van der Waals surface area (Å²) < 4.78 is 30.5. The van der Waals surface area contributed by atoms with Crippen molar-refractivity contribution in [3.05, 3.63) is 59.8 Å². The van der Waals surface area contributed by atoms with Crippen LogP contribution in [0.4, 0.5) is 5.82 Å². The zero-order chi connectivity index (χ0) is 24.2. The van der Waals surface area contributed by atoms with Crippen LogP contribution in [0.2, 0.25) is 0 Å². The number of nitrogens with zero attached hydrogens (tertiary/aromatic N) is 5. The molecule has 10 nitrogen and oxygen atoms in total. The second-order valence-electron chi connectivity index (χ2n) is 7.97. The van der Waals surface area contributed by atoms with Gasteiger partial charge in [-0.25, -0.2) is 4.98 Å². The zero-order valence-electron chi connectivity index (χ0n) is 19.5. The van der Waals surface area contributed by atoms with Crippen LogP contribution in [0.25, 0.3) is 10.9 Å². The van der Waals surface area contributed by atoms with E-state index in [9.17, 15) is 4.79 Å². The molecule has 182 valence electrons. The van der Waals surface area contributed by atoms with E-state index in [1.165, 1.54) is 6.20 Å². The molecular weight excluding hydrogens is 470 g/mol. The van der Waals surface area contributed by atoms with Gasteiger partial charge in [-0.3, -0.25) is 4.79 Å². The summed E-state index contributed by atoms with van der Waals surface area (Å²) >= 11 is 1.00. The molecule has 0 atom stereocenters. The van der Waals surface area contributed by atoms with E-state index in [0.717, 1.165) is 28.5 Å². The van der Waals surface area contributed by atoms with Crippen LogP contribution >= 0.6 is 11.7 Å². The van der Waals surface area contributed by atoms with Gasteiger partial charge in [0.25, 0.3) is 5.91 Å². The molecule has 0 radical (unpaired) electrons. The standard InChI is InChI=1S/C24H25N5O5S/c1-31-20-5-6-21(32-2)22-18(20)12-16(23(26-22)28-7-10-33-11-8-28)14-29(15-17-4-3-9-34-17)24(30)19-13-25-35-27-19/h3-6,9,12-13H,7-8,10-11,14-15H2,1-2H3. The molecule has 1 fully saturated rings. The van der Waals surface area contributed by atoms with Gasteiger partial charge in [0.15, 0.2) is 5.69 Å². The van der Waals surface area contributed by atoms with Crippen molar-refractivity contribution in [2.45, 2.75) is 13.1 Å². The van der Waals surface area contributed by atoms with Crippen LogP contribution in [0.3, 0.4) is 0 Å². The maximum Gasteiger partial charge on any atom is 0.275 e. The summed E-state index contributed by atoms with van der Waals surface area (Å²) in [5.41, 5.74) is 1.86. The number of carbonyl (C=O) groups is 1. The number of fused-ring (bicyclic) bond motifs is 1. The number of hydrogen-bond acceptors (Lipinski definition) is 10. The second kappa shape index (κ2) is 10.3. The molecule has 1 aliphatic rings. The molecule has 0 unspecified atom stereocenters. The molecule has 0 saturated carbocycles. The fourth-order valence-corrected chi connectivity index (χ4v) is 4.57. The lowest BCUT2D eigenvalue weighted by Crippen LogP contribution is -2.38. The first-order valence-electron chi connectivity index (χ1n) is 11.1. The maximum atomic E-state index is 13.4. The Morgan fingerprint density at radius 3 is 2.63 bits per heavy atom. The number of hydrogen-bond donors (Lipinski definition) is 0. The second-order valence-corrected chi connectivity index (χ2v) is 8.53. The van der Waals surface area contributed by atoms with Crippen molar-refractivity contribution in [1.82, 2.24) is 18.6 Å². The van der Waals surface area contributed by atoms with E-state index in [2.05, 4.69) is 13.6 Å². The summed E-state index contributed by atoms with van der Waals surface area (Å²) in [5.74, 6) is 2.54. The van der Waals surface area contributed by atoms with Gasteiger partial charge in [0, 0.05) is 24.0 Å². The van der Waals surface area contributed by atoms with Gasteiger partial charge in [-0.2, -0.15) is 8.75 Å². The third kappa shape index (κ3) is 4.77. The topological polar surface area (TPSA) is 103 Å². The number of aromatic nitrogens is 3. The van der Waals surface area contributed by atoms with Crippen molar-refractivity contribution < 1.29 is 23.4 Å². The van der Waals surface area contributed by atoms with Gasteiger partial charge in [0.1, 0.15) is 28.6 Å². The van der Waals surface area contributed by atoms with Crippen molar-refractivity contribution in [2.24, 2.45) is 0 Å². The van der Waals surface area contributed by atoms with Crippen molar-refractivity contribution in [2.75, 3.05) is 45.4 Å². The smallest absolute Gasteiger partial charge is 0.275 e. The number of amides is 1. The lowest BCUT2D eigenvalue weighted by Gasteiger charge is -2.31. The molecule has 0 N–H and O–H groups in total. The Kier molecular flexibility index (Phi) is 6.77. The monoisotopic (exact) mass is 495 g/mol.